The molecule has 3 rings (SSSR count). The van der Waals surface area contributed by atoms with E-state index in [1.165, 1.54) is 12.8 Å². The molecule has 4 N–H and O–H groups in total. The minimum absolute atomic E-state index is 0.0842. The quantitative estimate of drug-likeness (QED) is 0.576. The van der Waals surface area contributed by atoms with Gasteiger partial charge in [0.2, 0.25) is 0 Å². The monoisotopic (exact) mass is 275 g/mol. The third-order valence-corrected chi connectivity index (χ3v) is 4.11. The molecule has 20 heavy (non-hydrogen) atoms. The number of amides is 1. The van der Waals surface area contributed by atoms with E-state index in [1.807, 2.05) is 25.1 Å². The first kappa shape index (κ1) is 13.4. The minimum atomic E-state index is -0.0842. The van der Waals surface area contributed by atoms with Crippen molar-refractivity contribution in [3.05, 3.63) is 29.3 Å². The first-order valence-electron chi connectivity index (χ1n) is 7.19. The van der Waals surface area contributed by atoms with E-state index < -0.39 is 0 Å². The number of carbonyl (C=O) groups excluding carboxylic acids is 1. The average Bonchev–Trinajstić information content (AvgIpc) is 3.19. The Kier molecular flexibility index (Phi) is 3.63. The number of nitrogens with two attached hydrogens (primary N) is 1. The lowest BCUT2D eigenvalue weighted by Gasteiger charge is -2.20. The van der Waals surface area contributed by atoms with E-state index in [-0.39, 0.29) is 18.1 Å². The number of rotatable bonds is 4. The number of anilines is 1. The maximum absolute atomic E-state index is 12.4. The molecular weight excluding hydrogens is 254 g/mol. The lowest BCUT2D eigenvalue weighted by Crippen LogP contribution is -2.41. The van der Waals surface area contributed by atoms with Gasteiger partial charge in [-0.15, -0.1) is 0 Å². The minimum Gasteiger partial charge on any atom is -0.376 e. The van der Waals surface area contributed by atoms with Crippen molar-refractivity contribution < 1.29 is 9.53 Å². The van der Waals surface area contributed by atoms with Crippen molar-refractivity contribution in [1.82, 2.24) is 5.32 Å². The van der Waals surface area contributed by atoms with E-state index in [1.54, 1.807) is 0 Å². The van der Waals surface area contributed by atoms with Gasteiger partial charge in [-0.3, -0.25) is 10.6 Å². The van der Waals surface area contributed by atoms with Gasteiger partial charge in [-0.1, -0.05) is 6.07 Å². The Morgan fingerprint density at radius 3 is 2.85 bits per heavy atom. The van der Waals surface area contributed by atoms with E-state index in [4.69, 9.17) is 10.6 Å². The molecule has 5 heteroatoms. The predicted octanol–water partition coefficient (Wildman–Crippen LogP) is 1.58. The van der Waals surface area contributed by atoms with Gasteiger partial charge in [0.1, 0.15) is 0 Å². The molecule has 0 bridgehead atoms. The molecule has 108 valence electrons. The SMILES string of the molecule is Cc1ccc(C(=O)NC2CCOC2C2CC2)c(NN)c1. The summed E-state index contributed by atoms with van der Waals surface area (Å²) in [5.74, 6) is 6.04. The zero-order chi connectivity index (χ0) is 14.1. The highest BCUT2D eigenvalue weighted by molar-refractivity contribution is 5.99. The predicted molar refractivity (Wildman–Crippen MR) is 77.3 cm³/mol. The molecule has 2 unspecified atom stereocenters. The highest BCUT2D eigenvalue weighted by Crippen LogP contribution is 2.38. The van der Waals surface area contributed by atoms with Crippen LogP contribution in [0.4, 0.5) is 5.69 Å². The number of benzene rings is 1. The Bertz CT molecular complexity index is 514. The maximum Gasteiger partial charge on any atom is 0.253 e. The number of hydrazine groups is 1. The van der Waals surface area contributed by atoms with Crippen LogP contribution in [0.1, 0.15) is 35.2 Å². The van der Waals surface area contributed by atoms with Crippen LogP contribution in [0.15, 0.2) is 18.2 Å². The Morgan fingerprint density at radius 1 is 1.35 bits per heavy atom. The molecule has 1 aromatic carbocycles. The summed E-state index contributed by atoms with van der Waals surface area (Å²) in [4.78, 5) is 12.4. The van der Waals surface area contributed by atoms with E-state index >= 15 is 0 Å². The lowest BCUT2D eigenvalue weighted by atomic mass is 10.0. The third-order valence-electron chi connectivity index (χ3n) is 4.11. The van der Waals surface area contributed by atoms with Gasteiger partial charge < -0.3 is 15.5 Å². The number of hydrogen-bond donors (Lipinski definition) is 3. The highest BCUT2D eigenvalue weighted by Gasteiger charge is 2.41. The number of nitrogen functional groups attached to an aromatic ring is 1. The fourth-order valence-electron chi connectivity index (χ4n) is 2.88. The van der Waals surface area contributed by atoms with Crippen LogP contribution < -0.4 is 16.6 Å². The lowest BCUT2D eigenvalue weighted by molar-refractivity contribution is 0.0730. The van der Waals surface area contributed by atoms with Crippen molar-refractivity contribution >= 4 is 11.6 Å². The highest BCUT2D eigenvalue weighted by atomic mass is 16.5. The second kappa shape index (κ2) is 5.42. The van der Waals surface area contributed by atoms with Crippen LogP contribution in [0.5, 0.6) is 0 Å². The Hall–Kier alpha value is -1.59. The van der Waals surface area contributed by atoms with Crippen molar-refractivity contribution in [2.24, 2.45) is 11.8 Å². The van der Waals surface area contributed by atoms with Crippen LogP contribution in [0.25, 0.3) is 0 Å². The van der Waals surface area contributed by atoms with Crippen molar-refractivity contribution in [1.29, 1.82) is 0 Å². The zero-order valence-corrected chi connectivity index (χ0v) is 11.7. The fourth-order valence-corrected chi connectivity index (χ4v) is 2.88. The molecule has 0 radical (unpaired) electrons. The summed E-state index contributed by atoms with van der Waals surface area (Å²) >= 11 is 0. The van der Waals surface area contributed by atoms with Crippen LogP contribution in [-0.2, 0) is 4.74 Å². The van der Waals surface area contributed by atoms with Gasteiger partial charge in [-0.25, -0.2) is 0 Å². The molecule has 1 amide bonds. The van der Waals surface area contributed by atoms with Crippen molar-refractivity contribution in [2.45, 2.75) is 38.3 Å². The molecule has 1 heterocycles. The van der Waals surface area contributed by atoms with E-state index in [0.717, 1.165) is 18.6 Å². The number of hydrogen-bond acceptors (Lipinski definition) is 4. The molecule has 5 nitrogen and oxygen atoms in total. The van der Waals surface area contributed by atoms with Crippen LogP contribution in [0.3, 0.4) is 0 Å². The Labute approximate surface area is 118 Å². The van der Waals surface area contributed by atoms with Crippen LogP contribution in [0, 0.1) is 12.8 Å². The summed E-state index contributed by atoms with van der Waals surface area (Å²) in [6.45, 7) is 2.71. The van der Waals surface area contributed by atoms with Crippen LogP contribution in [0.2, 0.25) is 0 Å². The maximum atomic E-state index is 12.4. The largest absolute Gasteiger partial charge is 0.376 e. The molecule has 0 spiro atoms. The van der Waals surface area contributed by atoms with Gasteiger partial charge in [-0.2, -0.15) is 0 Å². The molecule has 0 aromatic heterocycles. The second-order valence-corrected chi connectivity index (χ2v) is 5.73. The molecule has 2 atom stereocenters. The fraction of sp³-hybridized carbons (Fsp3) is 0.533. The number of aryl methyl sites for hydroxylation is 1. The molecule has 1 saturated carbocycles. The first-order valence-corrected chi connectivity index (χ1v) is 7.19. The van der Waals surface area contributed by atoms with Gasteiger partial charge in [0.15, 0.2) is 0 Å². The van der Waals surface area contributed by atoms with Gasteiger partial charge in [0, 0.05) is 6.61 Å². The second-order valence-electron chi connectivity index (χ2n) is 5.73. The van der Waals surface area contributed by atoms with Crippen LogP contribution >= 0.6 is 0 Å². The third kappa shape index (κ3) is 2.64. The molecule has 1 aliphatic heterocycles. The molecule has 1 aliphatic carbocycles. The standard InChI is InChI=1S/C15H21N3O2/c1-9-2-5-11(13(8-9)18-16)15(19)17-12-6-7-20-14(12)10-3-4-10/h2,5,8,10,12,14,18H,3-4,6-7,16H2,1H3,(H,17,19). The van der Waals surface area contributed by atoms with Gasteiger partial charge >= 0.3 is 0 Å². The smallest absolute Gasteiger partial charge is 0.253 e. The zero-order valence-electron chi connectivity index (χ0n) is 11.7. The average molecular weight is 275 g/mol. The van der Waals surface area contributed by atoms with E-state index in [0.29, 0.717) is 17.2 Å². The summed E-state index contributed by atoms with van der Waals surface area (Å²) in [5.41, 5.74) is 4.90. The number of carbonyl (C=O) groups is 1. The molecule has 1 saturated heterocycles. The topological polar surface area (TPSA) is 76.4 Å². The van der Waals surface area contributed by atoms with E-state index in [9.17, 15) is 4.79 Å². The van der Waals surface area contributed by atoms with Crippen molar-refractivity contribution in [2.75, 3.05) is 12.0 Å². The normalized spacial score (nSPS) is 25.5. The van der Waals surface area contributed by atoms with Gasteiger partial charge in [0.25, 0.3) is 5.91 Å². The van der Waals surface area contributed by atoms with Crippen molar-refractivity contribution in [3.8, 4) is 0 Å². The molecular formula is C15H21N3O2. The Morgan fingerprint density at radius 2 is 2.15 bits per heavy atom. The summed E-state index contributed by atoms with van der Waals surface area (Å²) in [7, 11) is 0. The van der Waals surface area contributed by atoms with E-state index in [2.05, 4.69) is 10.7 Å². The summed E-state index contributed by atoms with van der Waals surface area (Å²) in [6.07, 6.45) is 3.53. The molecule has 2 aliphatic rings. The molecule has 1 aromatic rings. The van der Waals surface area contributed by atoms with Crippen LogP contribution in [-0.4, -0.2) is 24.7 Å². The number of ether oxygens (including phenoxy) is 1. The Balaban J connectivity index is 1.72. The summed E-state index contributed by atoms with van der Waals surface area (Å²) < 4.78 is 5.75. The van der Waals surface area contributed by atoms with Gasteiger partial charge in [-0.05, 0) is 49.8 Å². The first-order chi connectivity index (χ1) is 9.69. The number of nitrogens with one attached hydrogen (secondary N) is 2. The van der Waals surface area contributed by atoms with Gasteiger partial charge in [0.05, 0.1) is 23.4 Å². The summed E-state index contributed by atoms with van der Waals surface area (Å²) in [6, 6.07) is 5.72. The molecule has 2 fully saturated rings. The van der Waals surface area contributed by atoms with Crippen molar-refractivity contribution in [3.63, 3.8) is 0 Å². The summed E-state index contributed by atoms with van der Waals surface area (Å²) in [5, 5.41) is 3.10.